The summed E-state index contributed by atoms with van der Waals surface area (Å²) < 4.78 is 41.9. The molecule has 1 aliphatic heterocycles. The molecule has 0 radical (unpaired) electrons. The zero-order chi connectivity index (χ0) is 17.1. The Morgan fingerprint density at radius 2 is 1.91 bits per heavy atom. The molecule has 0 unspecified atom stereocenters. The van der Waals surface area contributed by atoms with E-state index in [1.54, 1.807) is 0 Å². The molecule has 0 aromatic heterocycles. The van der Waals surface area contributed by atoms with Gasteiger partial charge in [-0.15, -0.1) is 0 Å². The monoisotopic (exact) mass is 325 g/mol. The smallest absolute Gasteiger partial charge is 0.427 e. The number of nitrogens with one attached hydrogen (secondary N) is 1. The lowest BCUT2D eigenvalue weighted by molar-refractivity contribution is -0.243. The summed E-state index contributed by atoms with van der Waals surface area (Å²) in [6, 6.07) is -0.753. The molecule has 1 saturated heterocycles. The second-order valence-corrected chi connectivity index (χ2v) is 5.40. The van der Waals surface area contributed by atoms with E-state index in [-0.39, 0.29) is 0 Å². The molecule has 10 heteroatoms. The minimum Gasteiger partial charge on any atom is -0.434 e. The molecule has 1 fully saturated rings. The highest BCUT2D eigenvalue weighted by Crippen LogP contribution is 2.32. The van der Waals surface area contributed by atoms with Crippen LogP contribution in [0.4, 0.5) is 18.0 Å². The van der Waals surface area contributed by atoms with Gasteiger partial charge in [0, 0.05) is 6.54 Å². The lowest BCUT2D eigenvalue weighted by Crippen LogP contribution is -2.49. The van der Waals surface area contributed by atoms with E-state index in [1.807, 2.05) is 5.32 Å². The molecule has 7 nitrogen and oxygen atoms in total. The summed E-state index contributed by atoms with van der Waals surface area (Å²) >= 11 is 0. The molecule has 0 aromatic rings. The number of carbonyl (C=O) groups excluding carboxylic acids is 3. The van der Waals surface area contributed by atoms with Crippen LogP contribution in [0, 0.1) is 0 Å². The quantitative estimate of drug-likeness (QED) is 0.787. The van der Waals surface area contributed by atoms with Gasteiger partial charge >= 0.3 is 12.3 Å². The highest BCUT2D eigenvalue weighted by molar-refractivity contribution is 5.89. The van der Waals surface area contributed by atoms with Crippen molar-refractivity contribution in [2.24, 2.45) is 5.73 Å². The number of likely N-dealkylation sites (tertiary alicyclic amines) is 1. The molecule has 0 spiro atoms. The van der Waals surface area contributed by atoms with E-state index in [0.29, 0.717) is 33.2 Å². The molecule has 3 amide bonds. The standard InChI is InChI=1S/C12H18F3N3O4/c1-11(2,12(13,14)15)22-10(21)17-6-8(19)18-5-3-4-7(18)9(16)20/h7H,3-6H2,1-2H3,(H2,16,20)(H,17,21)/t7-/m0/s1. The molecular weight excluding hydrogens is 307 g/mol. The number of alkyl carbamates (subject to hydrolysis) is 1. The number of hydrogen-bond donors (Lipinski definition) is 2. The first kappa shape index (κ1) is 18.1. The molecule has 22 heavy (non-hydrogen) atoms. The number of nitrogens with two attached hydrogens (primary N) is 1. The van der Waals surface area contributed by atoms with Crippen LogP contribution in [0.3, 0.4) is 0 Å². The zero-order valence-electron chi connectivity index (χ0n) is 12.2. The van der Waals surface area contributed by atoms with Crippen molar-refractivity contribution in [1.29, 1.82) is 0 Å². The summed E-state index contributed by atoms with van der Waals surface area (Å²) in [6.07, 6.45) is -5.09. The second kappa shape index (κ2) is 6.41. The Kier molecular flexibility index (Phi) is 5.26. The lowest BCUT2D eigenvalue weighted by Gasteiger charge is -2.28. The molecule has 0 saturated carbocycles. The Balaban J connectivity index is 2.51. The molecule has 1 atom stereocenters. The molecule has 0 aliphatic carbocycles. The van der Waals surface area contributed by atoms with Crippen LogP contribution in [-0.2, 0) is 14.3 Å². The Morgan fingerprint density at radius 1 is 1.32 bits per heavy atom. The van der Waals surface area contributed by atoms with E-state index < -0.39 is 42.3 Å². The molecule has 0 aromatic carbocycles. The number of alkyl halides is 3. The maximum Gasteiger partial charge on any atom is 0.427 e. The first-order chi connectivity index (χ1) is 9.95. The van der Waals surface area contributed by atoms with Gasteiger partial charge in [-0.3, -0.25) is 9.59 Å². The predicted octanol–water partition coefficient (Wildman–Crippen LogP) is 0.530. The third-order valence-corrected chi connectivity index (χ3v) is 3.32. The molecule has 0 bridgehead atoms. The SMILES string of the molecule is CC(C)(OC(=O)NCC(=O)N1CCC[C@H]1C(N)=O)C(F)(F)F. The van der Waals surface area contributed by atoms with Crippen LogP contribution in [-0.4, -0.2) is 53.7 Å². The number of carbonyl (C=O) groups is 3. The van der Waals surface area contributed by atoms with E-state index in [9.17, 15) is 27.6 Å². The van der Waals surface area contributed by atoms with Gasteiger partial charge in [-0.2, -0.15) is 13.2 Å². The molecule has 126 valence electrons. The van der Waals surface area contributed by atoms with Crippen LogP contribution in [0.5, 0.6) is 0 Å². The van der Waals surface area contributed by atoms with E-state index in [1.165, 1.54) is 4.90 Å². The van der Waals surface area contributed by atoms with Gasteiger partial charge in [0.1, 0.15) is 12.6 Å². The van der Waals surface area contributed by atoms with Gasteiger partial charge in [0.2, 0.25) is 17.4 Å². The molecule has 1 heterocycles. The minimum atomic E-state index is -4.74. The summed E-state index contributed by atoms with van der Waals surface area (Å²) in [6.45, 7) is 1.11. The van der Waals surface area contributed by atoms with Crippen molar-refractivity contribution < 1.29 is 32.3 Å². The van der Waals surface area contributed by atoms with Gasteiger partial charge in [0.25, 0.3) is 0 Å². The van der Waals surface area contributed by atoms with Gasteiger partial charge in [0.15, 0.2) is 0 Å². The van der Waals surface area contributed by atoms with Gasteiger partial charge in [-0.05, 0) is 26.7 Å². The summed E-state index contributed by atoms with van der Waals surface area (Å²) in [4.78, 5) is 35.5. The van der Waals surface area contributed by atoms with Crippen LogP contribution in [0.15, 0.2) is 0 Å². The van der Waals surface area contributed by atoms with Crippen molar-refractivity contribution in [3.8, 4) is 0 Å². The summed E-state index contributed by atoms with van der Waals surface area (Å²) in [5.41, 5.74) is 2.47. The Hall–Kier alpha value is -2.00. The normalized spacial score (nSPS) is 19.0. The molecule has 1 aliphatic rings. The number of nitrogens with zero attached hydrogens (tertiary/aromatic N) is 1. The zero-order valence-corrected chi connectivity index (χ0v) is 12.2. The number of hydrogen-bond acceptors (Lipinski definition) is 4. The van der Waals surface area contributed by atoms with Crippen molar-refractivity contribution in [3.63, 3.8) is 0 Å². The van der Waals surface area contributed by atoms with Crippen LogP contribution in [0.25, 0.3) is 0 Å². The van der Waals surface area contributed by atoms with E-state index >= 15 is 0 Å². The van der Waals surface area contributed by atoms with Crippen molar-refractivity contribution >= 4 is 17.9 Å². The fourth-order valence-electron chi connectivity index (χ4n) is 1.94. The van der Waals surface area contributed by atoms with Crippen LogP contribution < -0.4 is 11.1 Å². The van der Waals surface area contributed by atoms with E-state index in [0.717, 1.165) is 0 Å². The van der Waals surface area contributed by atoms with Crippen LogP contribution in [0.1, 0.15) is 26.7 Å². The fourth-order valence-corrected chi connectivity index (χ4v) is 1.94. The number of primary amides is 1. The lowest BCUT2D eigenvalue weighted by atomic mass is 10.1. The van der Waals surface area contributed by atoms with Gasteiger partial charge in [-0.25, -0.2) is 4.79 Å². The predicted molar refractivity (Wildman–Crippen MR) is 68.5 cm³/mol. The van der Waals surface area contributed by atoms with Crippen molar-refractivity contribution in [2.75, 3.05) is 13.1 Å². The topological polar surface area (TPSA) is 102 Å². The Bertz CT molecular complexity index is 465. The van der Waals surface area contributed by atoms with Crippen molar-refractivity contribution in [3.05, 3.63) is 0 Å². The fraction of sp³-hybridized carbons (Fsp3) is 0.750. The van der Waals surface area contributed by atoms with Crippen LogP contribution in [0.2, 0.25) is 0 Å². The third kappa shape index (κ3) is 4.25. The van der Waals surface area contributed by atoms with Crippen LogP contribution >= 0.6 is 0 Å². The summed E-state index contributed by atoms with van der Waals surface area (Å²) in [7, 11) is 0. The highest BCUT2D eigenvalue weighted by Gasteiger charge is 2.51. The number of amides is 3. The van der Waals surface area contributed by atoms with Gasteiger partial charge in [-0.1, -0.05) is 0 Å². The molecule has 3 N–H and O–H groups in total. The summed E-state index contributed by atoms with van der Waals surface area (Å²) in [5.74, 6) is -1.27. The summed E-state index contributed by atoms with van der Waals surface area (Å²) in [5, 5.41) is 1.94. The van der Waals surface area contributed by atoms with E-state index in [4.69, 9.17) is 5.73 Å². The van der Waals surface area contributed by atoms with E-state index in [2.05, 4.69) is 4.74 Å². The maximum atomic E-state index is 12.5. The first-order valence-electron chi connectivity index (χ1n) is 6.58. The average molecular weight is 325 g/mol. The Morgan fingerprint density at radius 3 is 2.41 bits per heavy atom. The Labute approximate surface area is 124 Å². The largest absolute Gasteiger partial charge is 0.434 e. The number of halogens is 3. The molecule has 1 rings (SSSR count). The number of ether oxygens (including phenoxy) is 1. The number of rotatable bonds is 4. The highest BCUT2D eigenvalue weighted by atomic mass is 19.4. The van der Waals surface area contributed by atoms with Gasteiger partial charge < -0.3 is 20.7 Å². The second-order valence-electron chi connectivity index (χ2n) is 5.40. The van der Waals surface area contributed by atoms with Gasteiger partial charge in [0.05, 0.1) is 0 Å². The third-order valence-electron chi connectivity index (χ3n) is 3.32. The molecular formula is C12H18F3N3O4. The average Bonchev–Trinajstić information content (AvgIpc) is 2.83. The van der Waals surface area contributed by atoms with Crippen molar-refractivity contribution in [1.82, 2.24) is 10.2 Å². The first-order valence-corrected chi connectivity index (χ1v) is 6.58. The van der Waals surface area contributed by atoms with Crippen molar-refractivity contribution in [2.45, 2.75) is 44.5 Å². The minimum absolute atomic E-state index is 0.303. The maximum absolute atomic E-state index is 12.5.